The van der Waals surface area contributed by atoms with Crippen LogP contribution in [0.3, 0.4) is 0 Å². The Morgan fingerprint density at radius 3 is 2.43 bits per heavy atom. The van der Waals surface area contributed by atoms with Crippen LogP contribution in [0.25, 0.3) is 0 Å². The minimum absolute atomic E-state index is 0.0431. The zero-order chi connectivity index (χ0) is 16.9. The number of non-ortho nitro benzene ring substituents is 1. The fourth-order valence-corrected chi connectivity index (χ4v) is 3.76. The van der Waals surface area contributed by atoms with Gasteiger partial charge in [0.1, 0.15) is 0 Å². The van der Waals surface area contributed by atoms with Crippen molar-refractivity contribution < 1.29 is 13.3 Å². The Morgan fingerprint density at radius 2 is 1.87 bits per heavy atom. The summed E-state index contributed by atoms with van der Waals surface area (Å²) in [4.78, 5) is 12.3. The second-order valence-electron chi connectivity index (χ2n) is 6.10. The first-order valence-electron chi connectivity index (χ1n) is 7.79. The number of nitro benzene ring substituents is 1. The van der Waals surface area contributed by atoms with Gasteiger partial charge in [-0.1, -0.05) is 19.1 Å². The van der Waals surface area contributed by atoms with Crippen molar-refractivity contribution in [3.8, 4) is 0 Å². The van der Waals surface area contributed by atoms with Crippen molar-refractivity contribution >= 4 is 15.7 Å². The Labute approximate surface area is 136 Å². The molecule has 2 rings (SSSR count). The van der Waals surface area contributed by atoms with Crippen molar-refractivity contribution in [1.82, 2.24) is 9.62 Å². The molecule has 0 unspecified atom stereocenters. The number of rotatable bonds is 7. The molecule has 23 heavy (non-hydrogen) atoms. The van der Waals surface area contributed by atoms with E-state index in [-0.39, 0.29) is 11.4 Å². The smallest absolute Gasteiger partial charge is 0.269 e. The average Bonchev–Trinajstić information content (AvgIpc) is 2.49. The van der Waals surface area contributed by atoms with Crippen LogP contribution in [0.2, 0.25) is 0 Å². The summed E-state index contributed by atoms with van der Waals surface area (Å²) in [5.74, 6) is 0.590. The van der Waals surface area contributed by atoms with Gasteiger partial charge < -0.3 is 4.90 Å². The number of hydrogen-bond donors (Lipinski definition) is 1. The first kappa shape index (κ1) is 17.8. The van der Waals surface area contributed by atoms with Gasteiger partial charge in [0.15, 0.2) is 0 Å². The van der Waals surface area contributed by atoms with E-state index in [0.717, 1.165) is 31.8 Å². The standard InChI is InChI=1S/C15H23N3O4S/c1-13-6-9-17(10-7-13)11-8-16-23(21,22)12-14-2-4-15(5-3-14)18(19)20/h2-5,13,16H,6-12H2,1H3. The molecular weight excluding hydrogens is 318 g/mol. The van der Waals surface area contributed by atoms with E-state index < -0.39 is 14.9 Å². The molecule has 0 amide bonds. The van der Waals surface area contributed by atoms with Gasteiger partial charge in [0.25, 0.3) is 5.69 Å². The maximum absolute atomic E-state index is 12.0. The van der Waals surface area contributed by atoms with Crippen molar-refractivity contribution in [2.24, 2.45) is 5.92 Å². The maximum atomic E-state index is 12.0. The number of benzene rings is 1. The Hall–Kier alpha value is -1.51. The van der Waals surface area contributed by atoms with Gasteiger partial charge in [-0.25, -0.2) is 13.1 Å². The van der Waals surface area contributed by atoms with Crippen LogP contribution in [0.15, 0.2) is 24.3 Å². The first-order chi connectivity index (χ1) is 10.9. The normalized spacial score (nSPS) is 17.3. The van der Waals surface area contributed by atoms with Crippen molar-refractivity contribution in [2.45, 2.75) is 25.5 Å². The lowest BCUT2D eigenvalue weighted by Crippen LogP contribution is -2.39. The zero-order valence-electron chi connectivity index (χ0n) is 13.3. The molecule has 128 valence electrons. The van der Waals surface area contributed by atoms with E-state index in [1.165, 1.54) is 24.3 Å². The molecular formula is C15H23N3O4S. The minimum atomic E-state index is -3.43. The van der Waals surface area contributed by atoms with Crippen molar-refractivity contribution in [3.05, 3.63) is 39.9 Å². The highest BCUT2D eigenvalue weighted by Gasteiger charge is 2.17. The van der Waals surface area contributed by atoms with Gasteiger partial charge in [0.2, 0.25) is 10.0 Å². The van der Waals surface area contributed by atoms with Crippen molar-refractivity contribution in [2.75, 3.05) is 26.2 Å². The Kier molecular flexibility index (Phi) is 6.09. The lowest BCUT2D eigenvalue weighted by atomic mass is 9.99. The van der Waals surface area contributed by atoms with Gasteiger partial charge in [0, 0.05) is 25.2 Å². The molecule has 0 aromatic heterocycles. The Morgan fingerprint density at radius 1 is 1.26 bits per heavy atom. The second kappa shape index (κ2) is 7.85. The number of hydrogen-bond acceptors (Lipinski definition) is 5. The fourth-order valence-electron chi connectivity index (χ4n) is 2.63. The number of likely N-dealkylation sites (tertiary alicyclic amines) is 1. The highest BCUT2D eigenvalue weighted by molar-refractivity contribution is 7.88. The Bertz CT molecular complexity index is 623. The minimum Gasteiger partial charge on any atom is -0.302 e. The lowest BCUT2D eigenvalue weighted by Gasteiger charge is -2.30. The highest BCUT2D eigenvalue weighted by atomic mass is 32.2. The summed E-state index contributed by atoms with van der Waals surface area (Å²) >= 11 is 0. The lowest BCUT2D eigenvalue weighted by molar-refractivity contribution is -0.384. The van der Waals surface area contributed by atoms with Crippen LogP contribution in [0.1, 0.15) is 25.3 Å². The summed E-state index contributed by atoms with van der Waals surface area (Å²) < 4.78 is 26.7. The van der Waals surface area contributed by atoms with Crippen LogP contribution >= 0.6 is 0 Å². The second-order valence-corrected chi connectivity index (χ2v) is 7.91. The van der Waals surface area contributed by atoms with E-state index in [9.17, 15) is 18.5 Å². The first-order valence-corrected chi connectivity index (χ1v) is 9.44. The molecule has 0 aliphatic carbocycles. The molecule has 7 nitrogen and oxygen atoms in total. The number of sulfonamides is 1. The largest absolute Gasteiger partial charge is 0.302 e. The molecule has 1 saturated heterocycles. The molecule has 0 radical (unpaired) electrons. The third-order valence-corrected chi connectivity index (χ3v) is 5.49. The highest BCUT2D eigenvalue weighted by Crippen LogP contribution is 2.15. The third kappa shape index (κ3) is 5.89. The predicted molar refractivity (Wildman–Crippen MR) is 88.6 cm³/mol. The average molecular weight is 341 g/mol. The van der Waals surface area contributed by atoms with E-state index in [4.69, 9.17) is 0 Å². The third-order valence-electron chi connectivity index (χ3n) is 4.13. The molecule has 1 heterocycles. The SMILES string of the molecule is CC1CCN(CCNS(=O)(=O)Cc2ccc([N+](=O)[O-])cc2)CC1. The van der Waals surface area contributed by atoms with Crippen LogP contribution in [-0.4, -0.2) is 44.4 Å². The van der Waals surface area contributed by atoms with Gasteiger partial charge in [-0.2, -0.15) is 0 Å². The van der Waals surface area contributed by atoms with E-state index >= 15 is 0 Å². The molecule has 1 aromatic rings. The summed E-state index contributed by atoms with van der Waals surface area (Å²) in [7, 11) is -3.43. The summed E-state index contributed by atoms with van der Waals surface area (Å²) in [5, 5.41) is 10.6. The molecule has 0 saturated carbocycles. The number of nitrogens with one attached hydrogen (secondary N) is 1. The summed E-state index contributed by atoms with van der Waals surface area (Å²) in [6.07, 6.45) is 2.32. The van der Waals surface area contributed by atoms with E-state index in [2.05, 4.69) is 16.5 Å². The molecule has 1 N–H and O–H groups in total. The molecule has 0 spiro atoms. The predicted octanol–water partition coefficient (Wildman–Crippen LogP) is 1.75. The van der Waals surface area contributed by atoms with Crippen LogP contribution in [0.4, 0.5) is 5.69 Å². The monoisotopic (exact) mass is 341 g/mol. The maximum Gasteiger partial charge on any atom is 0.269 e. The van der Waals surface area contributed by atoms with Crippen molar-refractivity contribution in [1.29, 1.82) is 0 Å². The van der Waals surface area contributed by atoms with Gasteiger partial charge in [-0.3, -0.25) is 10.1 Å². The van der Waals surface area contributed by atoms with Crippen LogP contribution < -0.4 is 4.72 Å². The van der Waals surface area contributed by atoms with E-state index in [0.29, 0.717) is 18.7 Å². The topological polar surface area (TPSA) is 92.6 Å². The van der Waals surface area contributed by atoms with Crippen LogP contribution in [0, 0.1) is 16.0 Å². The quantitative estimate of drug-likeness (QED) is 0.602. The van der Waals surface area contributed by atoms with Gasteiger partial charge in [-0.05, 0) is 37.4 Å². The van der Waals surface area contributed by atoms with Crippen LogP contribution in [-0.2, 0) is 15.8 Å². The molecule has 1 fully saturated rings. The molecule has 1 aliphatic heterocycles. The number of piperidine rings is 1. The van der Waals surface area contributed by atoms with E-state index in [1.807, 2.05) is 0 Å². The molecule has 0 bridgehead atoms. The molecule has 1 aliphatic rings. The number of nitrogens with zero attached hydrogens (tertiary/aromatic N) is 2. The van der Waals surface area contributed by atoms with Gasteiger partial charge >= 0.3 is 0 Å². The molecule has 8 heteroatoms. The molecule has 1 aromatic carbocycles. The zero-order valence-corrected chi connectivity index (χ0v) is 14.1. The summed E-state index contributed by atoms with van der Waals surface area (Å²) in [5.41, 5.74) is 0.494. The van der Waals surface area contributed by atoms with Gasteiger partial charge in [0.05, 0.1) is 10.7 Å². The van der Waals surface area contributed by atoms with Crippen LogP contribution in [0.5, 0.6) is 0 Å². The molecule has 0 atom stereocenters. The van der Waals surface area contributed by atoms with Crippen molar-refractivity contribution in [3.63, 3.8) is 0 Å². The summed E-state index contributed by atoms with van der Waals surface area (Å²) in [6.45, 7) is 5.39. The van der Waals surface area contributed by atoms with Gasteiger partial charge in [-0.15, -0.1) is 0 Å². The van der Waals surface area contributed by atoms with E-state index in [1.54, 1.807) is 0 Å². The Balaban J connectivity index is 1.78. The number of nitro groups is 1. The fraction of sp³-hybridized carbons (Fsp3) is 0.600. The summed E-state index contributed by atoms with van der Waals surface area (Å²) in [6, 6.07) is 5.59.